The molecule has 0 atom stereocenters. The van der Waals surface area contributed by atoms with Crippen LogP contribution in [0.4, 0.5) is 0 Å². The summed E-state index contributed by atoms with van der Waals surface area (Å²) >= 11 is 0. The predicted octanol–water partition coefficient (Wildman–Crippen LogP) is 3.85. The van der Waals surface area contributed by atoms with Crippen LogP contribution >= 0.6 is 0 Å². The van der Waals surface area contributed by atoms with Gasteiger partial charge in [0.1, 0.15) is 6.07 Å². The Bertz CT molecular complexity index is 898. The van der Waals surface area contributed by atoms with Crippen molar-refractivity contribution in [2.24, 2.45) is 0 Å². The lowest BCUT2D eigenvalue weighted by molar-refractivity contribution is 0.747. The minimum Gasteiger partial charge on any atom is -0.216 e. The summed E-state index contributed by atoms with van der Waals surface area (Å²) in [5.74, 6) is 0. The third-order valence-electron chi connectivity index (χ3n) is 4.23. The van der Waals surface area contributed by atoms with Crippen molar-refractivity contribution in [1.82, 2.24) is 15.0 Å². The van der Waals surface area contributed by atoms with E-state index in [1.54, 1.807) is 0 Å². The Morgan fingerprint density at radius 2 is 1.67 bits per heavy atom. The Morgan fingerprint density at radius 1 is 0.958 bits per heavy atom. The van der Waals surface area contributed by atoms with E-state index in [1.165, 1.54) is 11.1 Å². The van der Waals surface area contributed by atoms with Gasteiger partial charge in [-0.05, 0) is 56.4 Å². The summed E-state index contributed by atoms with van der Waals surface area (Å²) in [6, 6.07) is 16.9. The van der Waals surface area contributed by atoms with Crippen LogP contribution in [0.1, 0.15) is 33.6 Å². The number of nitrogens with zero attached hydrogens (tertiary/aromatic N) is 4. The van der Waals surface area contributed by atoms with Gasteiger partial charge in [-0.2, -0.15) is 5.26 Å². The van der Waals surface area contributed by atoms with Crippen LogP contribution < -0.4 is 0 Å². The first-order valence-electron chi connectivity index (χ1n) is 8.06. The van der Waals surface area contributed by atoms with Crippen molar-refractivity contribution in [3.63, 3.8) is 0 Å². The van der Waals surface area contributed by atoms with Crippen LogP contribution in [0.3, 0.4) is 0 Å². The number of nitriles is 1. The van der Waals surface area contributed by atoms with Gasteiger partial charge in [0.2, 0.25) is 0 Å². The maximum atomic E-state index is 9.37. The summed E-state index contributed by atoms with van der Waals surface area (Å²) in [6.45, 7) is 6.18. The van der Waals surface area contributed by atoms with Gasteiger partial charge in [0.25, 0.3) is 0 Å². The second-order valence-electron chi connectivity index (χ2n) is 6.18. The van der Waals surface area contributed by atoms with Gasteiger partial charge in [-0.1, -0.05) is 47.2 Å². The van der Waals surface area contributed by atoms with Crippen LogP contribution in [0.2, 0.25) is 0 Å². The van der Waals surface area contributed by atoms with Crippen molar-refractivity contribution in [3.05, 3.63) is 76.1 Å². The van der Waals surface area contributed by atoms with Gasteiger partial charge in [0.05, 0.1) is 11.4 Å². The largest absolute Gasteiger partial charge is 0.216 e. The lowest BCUT2D eigenvalue weighted by Crippen LogP contribution is -2.07. The van der Waals surface area contributed by atoms with E-state index in [0.29, 0.717) is 5.69 Å². The van der Waals surface area contributed by atoms with Crippen LogP contribution in [0, 0.1) is 32.1 Å². The molecule has 1 aromatic heterocycles. The Labute approximate surface area is 142 Å². The average Bonchev–Trinajstić information content (AvgIpc) is 2.99. The molecule has 0 saturated heterocycles. The molecule has 0 N–H and O–H groups in total. The number of aryl methyl sites for hydroxylation is 4. The zero-order chi connectivity index (χ0) is 17.1. The van der Waals surface area contributed by atoms with Gasteiger partial charge in [0, 0.05) is 0 Å². The van der Waals surface area contributed by atoms with E-state index in [2.05, 4.69) is 72.7 Å². The summed E-state index contributed by atoms with van der Waals surface area (Å²) in [7, 11) is 0. The van der Waals surface area contributed by atoms with Gasteiger partial charge >= 0.3 is 0 Å². The summed E-state index contributed by atoms with van der Waals surface area (Å²) in [6.07, 6.45) is 1.58. The standard InChI is InChI=1S/C20H20N4/c1-14-5-8-17(9-6-14)10-11-19-18(13-21)22-23-24(19)20-12-15(2)4-7-16(20)3/h4-9,12H,10-11H2,1-3H3. The van der Waals surface area contributed by atoms with E-state index >= 15 is 0 Å². The fourth-order valence-electron chi connectivity index (χ4n) is 2.77. The maximum Gasteiger partial charge on any atom is 0.186 e. The first-order chi connectivity index (χ1) is 11.6. The molecule has 24 heavy (non-hydrogen) atoms. The van der Waals surface area contributed by atoms with Gasteiger partial charge in [0.15, 0.2) is 5.69 Å². The lowest BCUT2D eigenvalue weighted by Gasteiger charge is -2.10. The Kier molecular flexibility index (Phi) is 4.43. The van der Waals surface area contributed by atoms with Crippen LogP contribution in [0.15, 0.2) is 42.5 Å². The number of benzene rings is 2. The predicted molar refractivity (Wildman–Crippen MR) is 94.1 cm³/mol. The van der Waals surface area contributed by atoms with E-state index in [9.17, 15) is 5.26 Å². The third kappa shape index (κ3) is 3.21. The highest BCUT2D eigenvalue weighted by molar-refractivity contribution is 5.45. The van der Waals surface area contributed by atoms with Gasteiger partial charge < -0.3 is 0 Å². The molecular weight excluding hydrogens is 296 g/mol. The van der Waals surface area contributed by atoms with Crippen molar-refractivity contribution >= 4 is 0 Å². The second-order valence-corrected chi connectivity index (χ2v) is 6.18. The average molecular weight is 316 g/mol. The maximum absolute atomic E-state index is 9.37. The lowest BCUT2D eigenvalue weighted by atomic mass is 10.0. The first-order valence-corrected chi connectivity index (χ1v) is 8.06. The molecule has 2 aromatic carbocycles. The van der Waals surface area contributed by atoms with Crippen LogP contribution in [0.5, 0.6) is 0 Å². The van der Waals surface area contributed by atoms with Crippen molar-refractivity contribution in [1.29, 1.82) is 5.26 Å². The molecule has 0 aliphatic carbocycles. The molecular formula is C20H20N4. The molecule has 0 radical (unpaired) electrons. The topological polar surface area (TPSA) is 54.5 Å². The highest BCUT2D eigenvalue weighted by Crippen LogP contribution is 2.20. The van der Waals surface area contributed by atoms with E-state index in [1.807, 2.05) is 11.6 Å². The van der Waals surface area contributed by atoms with Crippen molar-refractivity contribution in [2.45, 2.75) is 33.6 Å². The van der Waals surface area contributed by atoms with E-state index in [-0.39, 0.29) is 0 Å². The fraction of sp³-hybridized carbons (Fsp3) is 0.250. The SMILES string of the molecule is Cc1ccc(CCc2c(C#N)nnn2-c2cc(C)ccc2C)cc1. The van der Waals surface area contributed by atoms with Crippen molar-refractivity contribution < 1.29 is 0 Å². The number of hydrogen-bond acceptors (Lipinski definition) is 3. The molecule has 0 amide bonds. The number of aromatic nitrogens is 3. The molecule has 4 heteroatoms. The minimum absolute atomic E-state index is 0.406. The smallest absolute Gasteiger partial charge is 0.186 e. The minimum atomic E-state index is 0.406. The molecule has 3 rings (SSSR count). The monoisotopic (exact) mass is 316 g/mol. The molecule has 0 unspecified atom stereocenters. The summed E-state index contributed by atoms with van der Waals surface area (Å²) in [5.41, 5.74) is 7.04. The highest BCUT2D eigenvalue weighted by atomic mass is 15.4. The number of rotatable bonds is 4. The molecule has 1 heterocycles. The van der Waals surface area contributed by atoms with E-state index in [0.717, 1.165) is 35.3 Å². The molecule has 0 fully saturated rings. The normalized spacial score (nSPS) is 10.6. The molecule has 120 valence electrons. The molecule has 0 spiro atoms. The Balaban J connectivity index is 1.95. The molecule has 0 aliphatic heterocycles. The molecule has 3 aromatic rings. The van der Waals surface area contributed by atoms with Crippen molar-refractivity contribution in [2.75, 3.05) is 0 Å². The summed E-state index contributed by atoms with van der Waals surface area (Å²) in [4.78, 5) is 0. The first kappa shape index (κ1) is 15.9. The van der Waals surface area contributed by atoms with E-state index in [4.69, 9.17) is 0 Å². The molecule has 0 bridgehead atoms. The van der Waals surface area contributed by atoms with Crippen LogP contribution in [-0.4, -0.2) is 15.0 Å². The summed E-state index contributed by atoms with van der Waals surface area (Å²) in [5, 5.41) is 17.7. The number of hydrogen-bond donors (Lipinski definition) is 0. The van der Waals surface area contributed by atoms with E-state index < -0.39 is 0 Å². The van der Waals surface area contributed by atoms with Crippen LogP contribution in [0.25, 0.3) is 5.69 Å². The summed E-state index contributed by atoms with van der Waals surface area (Å²) < 4.78 is 1.81. The highest BCUT2D eigenvalue weighted by Gasteiger charge is 2.15. The molecule has 0 aliphatic rings. The third-order valence-corrected chi connectivity index (χ3v) is 4.23. The Hall–Kier alpha value is -2.93. The van der Waals surface area contributed by atoms with Gasteiger partial charge in [-0.25, -0.2) is 4.68 Å². The fourth-order valence-corrected chi connectivity index (χ4v) is 2.77. The zero-order valence-electron chi connectivity index (χ0n) is 14.2. The van der Waals surface area contributed by atoms with Crippen LogP contribution in [-0.2, 0) is 12.8 Å². The second kappa shape index (κ2) is 6.67. The Morgan fingerprint density at radius 3 is 2.38 bits per heavy atom. The van der Waals surface area contributed by atoms with Gasteiger partial charge in [-0.15, -0.1) is 5.10 Å². The quantitative estimate of drug-likeness (QED) is 0.734. The zero-order valence-corrected chi connectivity index (χ0v) is 14.2. The van der Waals surface area contributed by atoms with Gasteiger partial charge in [-0.3, -0.25) is 0 Å². The molecule has 4 nitrogen and oxygen atoms in total. The van der Waals surface area contributed by atoms with Crippen molar-refractivity contribution in [3.8, 4) is 11.8 Å². The molecule has 0 saturated carbocycles.